The van der Waals surface area contributed by atoms with Crippen LogP contribution >= 0.6 is 23.2 Å². The summed E-state index contributed by atoms with van der Waals surface area (Å²) >= 11 is 12.1. The van der Waals surface area contributed by atoms with Crippen LogP contribution in [0.15, 0.2) is 29.3 Å². The molecule has 1 heterocycles. The Hall–Kier alpha value is -1.32. The molecule has 3 aliphatic rings. The molecule has 1 aromatic rings. The molecule has 3 nitrogen and oxygen atoms in total. The fraction of sp³-hybridized carbons (Fsp3) is 0.444. The number of nitrogens with zero attached hydrogens (tertiary/aromatic N) is 1. The normalized spacial score (nSPS) is 32.0. The number of rotatable bonds is 1. The van der Waals surface area contributed by atoms with E-state index in [0.29, 0.717) is 15.7 Å². The quantitative estimate of drug-likeness (QED) is 0.553. The Morgan fingerprint density at radius 2 is 1.43 bits per heavy atom. The Bertz CT molecular complexity index is 714. The lowest BCUT2D eigenvalue weighted by Crippen LogP contribution is -2.33. The van der Waals surface area contributed by atoms with E-state index >= 15 is 0 Å². The third-order valence-electron chi connectivity index (χ3n) is 5.54. The Kier molecular flexibility index (Phi) is 3.37. The number of allylic oxidation sites excluding steroid dienone is 2. The summed E-state index contributed by atoms with van der Waals surface area (Å²) in [5.74, 6) is -0.140. The summed E-state index contributed by atoms with van der Waals surface area (Å²) in [5, 5.41) is 0.858. The first-order chi connectivity index (χ1) is 10.9. The third-order valence-corrected chi connectivity index (χ3v) is 5.97. The van der Waals surface area contributed by atoms with Crippen molar-refractivity contribution in [3.63, 3.8) is 0 Å². The zero-order valence-electron chi connectivity index (χ0n) is 13.0. The van der Waals surface area contributed by atoms with Gasteiger partial charge < -0.3 is 0 Å². The van der Waals surface area contributed by atoms with Crippen LogP contribution in [0.5, 0.6) is 0 Å². The minimum Gasteiger partial charge on any atom is -0.274 e. The van der Waals surface area contributed by atoms with Gasteiger partial charge in [-0.25, -0.2) is 4.90 Å². The average molecular weight is 350 g/mol. The average Bonchev–Trinajstić information content (AvgIpc) is 3.08. The van der Waals surface area contributed by atoms with Crippen LogP contribution in [0.1, 0.15) is 26.7 Å². The van der Waals surface area contributed by atoms with Crippen LogP contribution in [0.3, 0.4) is 0 Å². The second kappa shape index (κ2) is 5.09. The molecule has 0 unspecified atom stereocenters. The lowest BCUT2D eigenvalue weighted by atomic mass is 9.81. The van der Waals surface area contributed by atoms with Gasteiger partial charge in [-0.1, -0.05) is 34.3 Å². The van der Waals surface area contributed by atoms with E-state index in [4.69, 9.17) is 23.2 Å². The Balaban J connectivity index is 1.77. The molecule has 0 N–H and O–H groups in total. The van der Waals surface area contributed by atoms with Gasteiger partial charge in [0.15, 0.2) is 0 Å². The highest BCUT2D eigenvalue weighted by molar-refractivity contribution is 6.35. The van der Waals surface area contributed by atoms with Crippen LogP contribution in [-0.4, -0.2) is 11.8 Å². The Labute approximate surface area is 145 Å². The number of halogens is 2. The lowest BCUT2D eigenvalue weighted by molar-refractivity contribution is -0.123. The van der Waals surface area contributed by atoms with Gasteiger partial charge in [-0.2, -0.15) is 0 Å². The molecule has 0 spiro atoms. The largest absolute Gasteiger partial charge is 0.274 e. The summed E-state index contributed by atoms with van der Waals surface area (Å²) in [4.78, 5) is 27.3. The Morgan fingerprint density at radius 1 is 0.957 bits per heavy atom. The van der Waals surface area contributed by atoms with Gasteiger partial charge in [0, 0.05) is 10.0 Å². The van der Waals surface area contributed by atoms with Crippen molar-refractivity contribution in [2.24, 2.45) is 23.7 Å². The van der Waals surface area contributed by atoms with Crippen molar-refractivity contribution in [1.82, 2.24) is 0 Å². The van der Waals surface area contributed by atoms with Gasteiger partial charge in [-0.15, -0.1) is 0 Å². The fourth-order valence-corrected chi connectivity index (χ4v) is 5.43. The van der Waals surface area contributed by atoms with Crippen LogP contribution in [0, 0.1) is 23.7 Å². The summed E-state index contributed by atoms with van der Waals surface area (Å²) in [5.41, 5.74) is 3.11. The molecule has 4 rings (SSSR count). The van der Waals surface area contributed by atoms with Crippen molar-refractivity contribution in [3.05, 3.63) is 39.4 Å². The summed E-state index contributed by atoms with van der Waals surface area (Å²) < 4.78 is 0. The predicted octanol–water partition coefficient (Wildman–Crippen LogP) is 4.48. The molecule has 1 aromatic carbocycles. The monoisotopic (exact) mass is 349 g/mol. The van der Waals surface area contributed by atoms with E-state index in [1.54, 1.807) is 18.2 Å². The second-order valence-electron chi connectivity index (χ2n) is 6.94. The van der Waals surface area contributed by atoms with Crippen molar-refractivity contribution in [2.75, 3.05) is 4.90 Å². The molecule has 120 valence electrons. The maximum atomic E-state index is 13.0. The number of hydrogen-bond acceptors (Lipinski definition) is 2. The maximum Gasteiger partial charge on any atom is 0.238 e. The number of hydrogen-bond donors (Lipinski definition) is 0. The SMILES string of the molecule is CC(C)=C1[C@H]2CC[C@@H]1[C@H]1C(=O)N(c3cc(Cl)cc(Cl)c3)C(=O)[C@H]12. The molecule has 3 fully saturated rings. The zero-order valence-corrected chi connectivity index (χ0v) is 14.5. The number of carbonyl (C=O) groups is 2. The number of anilines is 1. The summed E-state index contributed by atoms with van der Waals surface area (Å²) in [6, 6.07) is 4.87. The molecular weight excluding hydrogens is 333 g/mol. The van der Waals surface area contributed by atoms with Gasteiger partial charge in [0.05, 0.1) is 17.5 Å². The van der Waals surface area contributed by atoms with Gasteiger partial charge in [0.1, 0.15) is 0 Å². The molecule has 2 aliphatic carbocycles. The summed E-state index contributed by atoms with van der Waals surface area (Å²) in [6.07, 6.45) is 2.02. The standard InChI is InChI=1S/C18H17Cl2NO2/c1-8(2)14-12-3-4-13(14)16-15(12)17(22)21(18(16)23)11-6-9(19)5-10(20)7-11/h5-7,12-13,15-16H,3-4H2,1-2H3/t12-,13+,15+,16-. The van der Waals surface area contributed by atoms with E-state index in [1.807, 2.05) is 0 Å². The van der Waals surface area contributed by atoms with Gasteiger partial charge in [0.25, 0.3) is 0 Å². The number of fused-ring (bicyclic) bond motifs is 5. The molecule has 1 aliphatic heterocycles. The van der Waals surface area contributed by atoms with Gasteiger partial charge in [-0.3, -0.25) is 9.59 Å². The fourth-order valence-electron chi connectivity index (χ4n) is 4.91. The highest BCUT2D eigenvalue weighted by Gasteiger charge is 2.63. The molecule has 2 saturated carbocycles. The first-order valence-corrected chi connectivity index (χ1v) is 8.67. The minimum atomic E-state index is -0.205. The lowest BCUT2D eigenvalue weighted by Gasteiger charge is -2.19. The van der Waals surface area contributed by atoms with Crippen LogP contribution < -0.4 is 4.90 Å². The molecule has 0 aromatic heterocycles. The smallest absolute Gasteiger partial charge is 0.238 e. The van der Waals surface area contributed by atoms with E-state index in [2.05, 4.69) is 13.8 Å². The topological polar surface area (TPSA) is 37.4 Å². The molecule has 23 heavy (non-hydrogen) atoms. The van der Waals surface area contributed by atoms with E-state index in [1.165, 1.54) is 16.0 Å². The van der Waals surface area contributed by atoms with Crippen LogP contribution in [0.2, 0.25) is 10.0 Å². The number of imide groups is 1. The van der Waals surface area contributed by atoms with Crippen molar-refractivity contribution in [2.45, 2.75) is 26.7 Å². The highest BCUT2D eigenvalue weighted by Crippen LogP contribution is 2.60. The molecular formula is C18H17Cl2NO2. The van der Waals surface area contributed by atoms with Gasteiger partial charge in [0.2, 0.25) is 11.8 Å². The van der Waals surface area contributed by atoms with E-state index in [9.17, 15) is 9.59 Å². The maximum absolute atomic E-state index is 13.0. The minimum absolute atomic E-state index is 0.0933. The Morgan fingerprint density at radius 3 is 1.87 bits per heavy atom. The van der Waals surface area contributed by atoms with Crippen LogP contribution in [0.4, 0.5) is 5.69 Å². The summed E-state index contributed by atoms with van der Waals surface area (Å²) in [7, 11) is 0. The predicted molar refractivity (Wildman–Crippen MR) is 90.5 cm³/mol. The van der Waals surface area contributed by atoms with Gasteiger partial charge >= 0.3 is 0 Å². The van der Waals surface area contributed by atoms with Crippen molar-refractivity contribution in [3.8, 4) is 0 Å². The van der Waals surface area contributed by atoms with E-state index < -0.39 is 0 Å². The molecule has 4 atom stereocenters. The first-order valence-electron chi connectivity index (χ1n) is 7.91. The summed E-state index contributed by atoms with van der Waals surface area (Å²) in [6.45, 7) is 4.18. The van der Waals surface area contributed by atoms with Crippen LogP contribution in [-0.2, 0) is 9.59 Å². The third kappa shape index (κ3) is 2.03. The first kappa shape index (κ1) is 15.2. The van der Waals surface area contributed by atoms with Gasteiger partial charge in [-0.05, 0) is 56.7 Å². The molecule has 2 amide bonds. The second-order valence-corrected chi connectivity index (χ2v) is 7.81. The van der Waals surface area contributed by atoms with Crippen molar-refractivity contribution in [1.29, 1.82) is 0 Å². The number of carbonyl (C=O) groups excluding carboxylic acids is 2. The molecule has 2 bridgehead atoms. The molecule has 1 saturated heterocycles. The highest BCUT2D eigenvalue weighted by atomic mass is 35.5. The van der Waals surface area contributed by atoms with Crippen molar-refractivity contribution < 1.29 is 9.59 Å². The molecule has 5 heteroatoms. The number of amides is 2. The van der Waals surface area contributed by atoms with Crippen molar-refractivity contribution >= 4 is 40.7 Å². The number of benzene rings is 1. The van der Waals surface area contributed by atoms with E-state index in [-0.39, 0.29) is 35.5 Å². The van der Waals surface area contributed by atoms with E-state index in [0.717, 1.165) is 12.8 Å². The van der Waals surface area contributed by atoms with Crippen LogP contribution in [0.25, 0.3) is 0 Å². The molecule has 0 radical (unpaired) electrons. The zero-order chi connectivity index (χ0) is 16.5.